The summed E-state index contributed by atoms with van der Waals surface area (Å²) in [7, 11) is 1.61. The van der Waals surface area contributed by atoms with E-state index in [1.807, 2.05) is 0 Å². The number of para-hydroxylation sites is 1. The highest BCUT2D eigenvalue weighted by Crippen LogP contribution is 2.39. The number of halogens is 2. The average Bonchev–Trinajstić information content (AvgIpc) is 2.42. The normalized spacial score (nSPS) is 10.2. The maximum atomic E-state index is 11.2. The van der Waals surface area contributed by atoms with Crippen molar-refractivity contribution in [1.82, 2.24) is 0 Å². The molecule has 0 aliphatic carbocycles. The summed E-state index contributed by atoms with van der Waals surface area (Å²) in [5.74, 6) is 0.472. The first kappa shape index (κ1) is 14.6. The van der Waals surface area contributed by atoms with Gasteiger partial charge in [0, 0.05) is 11.5 Å². The summed E-state index contributed by atoms with van der Waals surface area (Å²) in [5, 5.41) is 14.3. The number of nitro benzene ring substituents is 1. The molecule has 0 unspecified atom stereocenters. The Bertz CT molecular complexity index is 664. The van der Waals surface area contributed by atoms with Gasteiger partial charge in [0.2, 0.25) is 5.75 Å². The van der Waals surface area contributed by atoms with Gasteiger partial charge in [-0.1, -0.05) is 33.6 Å². The molecule has 0 aliphatic rings. The average molecular weight is 358 g/mol. The zero-order valence-electron chi connectivity index (χ0n) is 10.4. The lowest BCUT2D eigenvalue weighted by molar-refractivity contribution is -0.384. The smallest absolute Gasteiger partial charge is 0.334 e. The molecule has 0 spiro atoms. The lowest BCUT2D eigenvalue weighted by Gasteiger charge is -2.10. The summed E-state index contributed by atoms with van der Waals surface area (Å²) in [6, 6.07) is 9.85. The van der Waals surface area contributed by atoms with Crippen LogP contribution in [0.25, 0.3) is 0 Å². The SMILES string of the molecule is CNc1cccc(Oc2cc(Br)ccc2Cl)c1[N+](=O)[O-]. The van der Waals surface area contributed by atoms with Crippen molar-refractivity contribution in [2.45, 2.75) is 0 Å². The van der Waals surface area contributed by atoms with Crippen LogP contribution in [0.2, 0.25) is 5.02 Å². The van der Waals surface area contributed by atoms with Crippen LogP contribution in [0, 0.1) is 10.1 Å². The fourth-order valence-corrected chi connectivity index (χ4v) is 2.16. The molecular weight excluding hydrogens is 348 g/mol. The third-order valence-corrected chi connectivity index (χ3v) is 3.37. The Kier molecular flexibility index (Phi) is 4.46. The summed E-state index contributed by atoms with van der Waals surface area (Å²) in [6.07, 6.45) is 0. The molecule has 2 aromatic rings. The largest absolute Gasteiger partial charge is 0.448 e. The van der Waals surface area contributed by atoms with Crippen molar-refractivity contribution in [3.8, 4) is 11.5 Å². The van der Waals surface area contributed by atoms with Crippen molar-refractivity contribution < 1.29 is 9.66 Å². The Balaban J connectivity index is 2.48. The van der Waals surface area contributed by atoms with Crippen LogP contribution < -0.4 is 10.1 Å². The summed E-state index contributed by atoms with van der Waals surface area (Å²) < 4.78 is 6.35. The zero-order chi connectivity index (χ0) is 14.7. The number of nitrogens with zero attached hydrogens (tertiary/aromatic N) is 1. The molecule has 0 amide bonds. The number of nitrogens with one attached hydrogen (secondary N) is 1. The molecule has 5 nitrogen and oxygen atoms in total. The predicted molar refractivity (Wildman–Crippen MR) is 81.9 cm³/mol. The second-order valence-electron chi connectivity index (χ2n) is 3.84. The topological polar surface area (TPSA) is 64.4 Å². The van der Waals surface area contributed by atoms with Crippen LogP contribution in [0.15, 0.2) is 40.9 Å². The Morgan fingerprint density at radius 2 is 2.05 bits per heavy atom. The van der Waals surface area contributed by atoms with E-state index in [-0.39, 0.29) is 11.4 Å². The van der Waals surface area contributed by atoms with Gasteiger partial charge >= 0.3 is 5.69 Å². The van der Waals surface area contributed by atoms with Crippen LogP contribution in [0.4, 0.5) is 11.4 Å². The maximum Gasteiger partial charge on any atom is 0.334 e. The summed E-state index contributed by atoms with van der Waals surface area (Å²) in [4.78, 5) is 10.7. The zero-order valence-corrected chi connectivity index (χ0v) is 12.7. The molecule has 0 saturated carbocycles. The van der Waals surface area contributed by atoms with Crippen LogP contribution in [-0.2, 0) is 0 Å². The highest BCUT2D eigenvalue weighted by molar-refractivity contribution is 9.10. The van der Waals surface area contributed by atoms with Crippen molar-refractivity contribution in [1.29, 1.82) is 0 Å². The highest BCUT2D eigenvalue weighted by atomic mass is 79.9. The molecule has 0 aromatic heterocycles. The fraction of sp³-hybridized carbons (Fsp3) is 0.0769. The summed E-state index contributed by atoms with van der Waals surface area (Å²) >= 11 is 9.32. The molecule has 1 N–H and O–H groups in total. The Labute approximate surface area is 128 Å². The number of benzene rings is 2. The van der Waals surface area contributed by atoms with E-state index in [1.54, 1.807) is 37.4 Å². The van der Waals surface area contributed by atoms with Gasteiger partial charge in [0.15, 0.2) is 0 Å². The molecule has 20 heavy (non-hydrogen) atoms. The first-order chi connectivity index (χ1) is 9.52. The number of hydrogen-bond acceptors (Lipinski definition) is 4. The van der Waals surface area contributed by atoms with Crippen molar-refractivity contribution in [3.05, 3.63) is 56.0 Å². The Hall–Kier alpha value is -1.79. The van der Waals surface area contributed by atoms with Gasteiger partial charge in [-0.2, -0.15) is 0 Å². The van der Waals surface area contributed by atoms with Crippen molar-refractivity contribution in [2.75, 3.05) is 12.4 Å². The van der Waals surface area contributed by atoms with E-state index in [1.165, 1.54) is 6.07 Å². The van der Waals surface area contributed by atoms with Crippen LogP contribution in [0.5, 0.6) is 11.5 Å². The molecule has 0 heterocycles. The second-order valence-corrected chi connectivity index (χ2v) is 5.16. The van der Waals surface area contributed by atoms with Crippen LogP contribution in [0.1, 0.15) is 0 Å². The van der Waals surface area contributed by atoms with Gasteiger partial charge in [0.05, 0.1) is 9.95 Å². The first-order valence-electron chi connectivity index (χ1n) is 5.61. The van der Waals surface area contributed by atoms with Gasteiger partial charge in [-0.05, 0) is 30.3 Å². The third kappa shape index (κ3) is 3.02. The molecule has 0 fully saturated rings. The first-order valence-corrected chi connectivity index (χ1v) is 6.78. The van der Waals surface area contributed by atoms with Gasteiger partial charge < -0.3 is 10.1 Å². The van der Waals surface area contributed by atoms with E-state index < -0.39 is 4.92 Å². The van der Waals surface area contributed by atoms with Gasteiger partial charge in [-0.15, -0.1) is 0 Å². The van der Waals surface area contributed by atoms with Gasteiger partial charge in [-0.25, -0.2) is 0 Å². The molecular formula is C13H10BrClN2O3. The molecule has 0 bridgehead atoms. The Morgan fingerprint density at radius 3 is 2.70 bits per heavy atom. The van der Waals surface area contributed by atoms with E-state index in [0.29, 0.717) is 16.5 Å². The molecule has 7 heteroatoms. The number of hydrogen-bond donors (Lipinski definition) is 1. The van der Waals surface area contributed by atoms with Gasteiger partial charge in [0.1, 0.15) is 11.4 Å². The van der Waals surface area contributed by atoms with E-state index in [2.05, 4.69) is 21.2 Å². The molecule has 0 saturated heterocycles. The lowest BCUT2D eigenvalue weighted by atomic mass is 10.2. The number of rotatable bonds is 4. The van der Waals surface area contributed by atoms with Gasteiger partial charge in [-0.3, -0.25) is 10.1 Å². The van der Waals surface area contributed by atoms with Crippen molar-refractivity contribution >= 4 is 38.9 Å². The minimum atomic E-state index is -0.493. The molecule has 0 aliphatic heterocycles. The molecule has 2 aromatic carbocycles. The van der Waals surface area contributed by atoms with E-state index in [9.17, 15) is 10.1 Å². The molecule has 104 valence electrons. The highest BCUT2D eigenvalue weighted by Gasteiger charge is 2.21. The Morgan fingerprint density at radius 1 is 1.30 bits per heavy atom. The number of nitro groups is 1. The third-order valence-electron chi connectivity index (χ3n) is 2.56. The minimum absolute atomic E-state index is 0.127. The van der Waals surface area contributed by atoms with Crippen LogP contribution >= 0.6 is 27.5 Å². The monoisotopic (exact) mass is 356 g/mol. The minimum Gasteiger partial charge on any atom is -0.448 e. The lowest BCUT2D eigenvalue weighted by Crippen LogP contribution is -1.99. The van der Waals surface area contributed by atoms with Crippen LogP contribution in [-0.4, -0.2) is 12.0 Å². The second kappa shape index (κ2) is 6.11. The number of ether oxygens (including phenoxy) is 1. The van der Waals surface area contributed by atoms with Crippen LogP contribution in [0.3, 0.4) is 0 Å². The quantitative estimate of drug-likeness (QED) is 0.628. The summed E-state index contributed by atoms with van der Waals surface area (Å²) in [6.45, 7) is 0. The van der Waals surface area contributed by atoms with Crippen molar-refractivity contribution in [2.24, 2.45) is 0 Å². The fourth-order valence-electron chi connectivity index (χ4n) is 1.67. The van der Waals surface area contributed by atoms with E-state index in [4.69, 9.17) is 16.3 Å². The molecule has 0 radical (unpaired) electrons. The van der Waals surface area contributed by atoms with Gasteiger partial charge in [0.25, 0.3) is 0 Å². The van der Waals surface area contributed by atoms with E-state index >= 15 is 0 Å². The number of anilines is 1. The van der Waals surface area contributed by atoms with E-state index in [0.717, 1.165) is 4.47 Å². The molecule has 0 atom stereocenters. The summed E-state index contributed by atoms with van der Waals surface area (Å²) in [5.41, 5.74) is 0.240. The predicted octanol–water partition coefficient (Wildman–Crippen LogP) is 4.84. The van der Waals surface area contributed by atoms with Crippen molar-refractivity contribution in [3.63, 3.8) is 0 Å². The maximum absolute atomic E-state index is 11.2. The standard InChI is InChI=1S/C13H10BrClN2O3/c1-16-10-3-2-4-11(13(10)17(18)19)20-12-7-8(14)5-6-9(12)15/h2-7,16H,1H3. The molecule has 2 rings (SSSR count).